The zero-order chi connectivity index (χ0) is 21.6. The molecule has 0 spiro atoms. The monoisotopic (exact) mass is 434 g/mol. The second-order valence-corrected chi connectivity index (χ2v) is 7.07. The molecular weight excluding hydrogens is 420 g/mol. The highest BCUT2D eigenvalue weighted by atomic mass is 35.5. The number of anilines is 2. The van der Waals surface area contributed by atoms with Crippen molar-refractivity contribution >= 4 is 46.1 Å². The van der Waals surface area contributed by atoms with Crippen LogP contribution in [0.5, 0.6) is 5.75 Å². The van der Waals surface area contributed by atoms with Gasteiger partial charge in [0.15, 0.2) is 0 Å². The Morgan fingerprint density at radius 2 is 1.34 bits per heavy atom. The molecule has 0 bridgehead atoms. The van der Waals surface area contributed by atoms with Crippen LogP contribution in [0.1, 0.15) is 0 Å². The Balaban J connectivity index is 0.000000234. The molecule has 150 valence electrons. The number of nitrogens with zero attached hydrogens (tertiary/aromatic N) is 2. The molecule has 0 saturated heterocycles. The minimum absolute atomic E-state index is 0.0203. The molecule has 0 heterocycles. The lowest BCUT2D eigenvalue weighted by Gasteiger charge is -2.04. The van der Waals surface area contributed by atoms with Gasteiger partial charge in [-0.15, -0.1) is 0 Å². The van der Waals surface area contributed by atoms with Crippen molar-refractivity contribution in [2.45, 2.75) is 9.79 Å². The molecule has 0 radical (unpaired) electrons. The number of phenolic OH excluding ortho intramolecular Hbond substituents is 1. The predicted molar refractivity (Wildman–Crippen MR) is 112 cm³/mol. The summed E-state index contributed by atoms with van der Waals surface area (Å²) in [5, 5.41) is 30.4. The molecule has 0 amide bonds. The van der Waals surface area contributed by atoms with E-state index in [0.717, 1.165) is 4.90 Å². The molecule has 0 aliphatic heterocycles. The SMILES string of the molecule is Nc1ccc(Cl)c([N+](=O)[O-])c1.Nc1ccc(Sc2ccc(O)cc2)c([N+](=O)[O-])c1. The van der Waals surface area contributed by atoms with Crippen LogP contribution in [0, 0.1) is 20.2 Å². The van der Waals surface area contributed by atoms with Gasteiger partial charge in [0, 0.05) is 28.4 Å². The zero-order valence-corrected chi connectivity index (χ0v) is 16.3. The molecule has 5 N–H and O–H groups in total. The topological polar surface area (TPSA) is 159 Å². The Morgan fingerprint density at radius 1 is 0.828 bits per heavy atom. The van der Waals surface area contributed by atoms with Gasteiger partial charge >= 0.3 is 0 Å². The second kappa shape index (κ2) is 9.62. The lowest BCUT2D eigenvalue weighted by molar-refractivity contribution is -0.387. The molecule has 0 unspecified atom stereocenters. The van der Waals surface area contributed by atoms with Gasteiger partial charge in [-0.05, 0) is 48.5 Å². The van der Waals surface area contributed by atoms with E-state index < -0.39 is 9.85 Å². The first-order valence-electron chi connectivity index (χ1n) is 7.87. The van der Waals surface area contributed by atoms with Crippen LogP contribution in [0.4, 0.5) is 22.7 Å². The largest absolute Gasteiger partial charge is 0.508 e. The minimum atomic E-state index is -0.571. The summed E-state index contributed by atoms with van der Waals surface area (Å²) < 4.78 is 0. The van der Waals surface area contributed by atoms with Gasteiger partial charge < -0.3 is 16.6 Å². The van der Waals surface area contributed by atoms with Crippen LogP contribution in [-0.2, 0) is 0 Å². The molecule has 0 aliphatic rings. The van der Waals surface area contributed by atoms with Crippen LogP contribution in [0.15, 0.2) is 70.5 Å². The first-order chi connectivity index (χ1) is 13.7. The van der Waals surface area contributed by atoms with E-state index in [0.29, 0.717) is 16.3 Å². The Hall–Kier alpha value is -3.50. The van der Waals surface area contributed by atoms with E-state index in [1.165, 1.54) is 48.2 Å². The van der Waals surface area contributed by atoms with Crippen molar-refractivity contribution in [3.05, 3.63) is 85.9 Å². The maximum absolute atomic E-state index is 10.9. The van der Waals surface area contributed by atoms with Gasteiger partial charge in [0.05, 0.1) is 14.7 Å². The van der Waals surface area contributed by atoms with E-state index in [1.807, 2.05) is 0 Å². The number of halogens is 1. The minimum Gasteiger partial charge on any atom is -0.508 e. The Labute approximate surface area is 174 Å². The molecule has 0 fully saturated rings. The maximum Gasteiger partial charge on any atom is 0.289 e. The Morgan fingerprint density at radius 3 is 1.86 bits per heavy atom. The number of nitrogens with two attached hydrogens (primary N) is 2. The van der Waals surface area contributed by atoms with E-state index in [9.17, 15) is 20.2 Å². The number of rotatable bonds is 4. The summed E-state index contributed by atoms with van der Waals surface area (Å²) in [7, 11) is 0. The van der Waals surface area contributed by atoms with E-state index >= 15 is 0 Å². The first kappa shape index (κ1) is 21.8. The number of nitro benzene ring substituents is 2. The normalized spacial score (nSPS) is 9.97. The smallest absolute Gasteiger partial charge is 0.289 e. The van der Waals surface area contributed by atoms with E-state index in [2.05, 4.69) is 0 Å². The average Bonchev–Trinajstić information content (AvgIpc) is 2.67. The fraction of sp³-hybridized carbons (Fsp3) is 0. The van der Waals surface area contributed by atoms with Crippen LogP contribution >= 0.6 is 23.4 Å². The summed E-state index contributed by atoms with van der Waals surface area (Å²) in [6.45, 7) is 0. The molecule has 0 aromatic heterocycles. The first-order valence-corrected chi connectivity index (χ1v) is 9.07. The van der Waals surface area contributed by atoms with Crippen LogP contribution in [0.25, 0.3) is 0 Å². The third-order valence-electron chi connectivity index (χ3n) is 3.41. The van der Waals surface area contributed by atoms with Gasteiger partial charge in [-0.1, -0.05) is 23.4 Å². The summed E-state index contributed by atoms with van der Waals surface area (Å²) in [5.41, 5.74) is 11.3. The molecule has 0 atom stereocenters. The standard InChI is InChI=1S/C12H10N2O3S.C6H5ClN2O2/c13-8-1-6-12(11(7-8)14(16)17)18-10-4-2-9(15)3-5-10;7-5-2-1-4(8)3-6(5)9(10)11/h1-7,15H,13H2;1-3H,8H2. The highest BCUT2D eigenvalue weighted by molar-refractivity contribution is 7.99. The van der Waals surface area contributed by atoms with Gasteiger partial charge in [-0.25, -0.2) is 0 Å². The van der Waals surface area contributed by atoms with Gasteiger partial charge in [0.1, 0.15) is 10.8 Å². The number of hydrogen-bond donors (Lipinski definition) is 3. The quantitative estimate of drug-likeness (QED) is 0.298. The highest BCUT2D eigenvalue weighted by Gasteiger charge is 2.15. The summed E-state index contributed by atoms with van der Waals surface area (Å²) >= 11 is 6.75. The number of benzene rings is 3. The number of hydrogen-bond acceptors (Lipinski definition) is 8. The third kappa shape index (κ3) is 6.26. The van der Waals surface area contributed by atoms with E-state index in [-0.39, 0.29) is 22.1 Å². The number of nitrogen functional groups attached to an aromatic ring is 2. The summed E-state index contributed by atoms with van der Waals surface area (Å²) in [6, 6.07) is 15.2. The summed E-state index contributed by atoms with van der Waals surface area (Å²) in [5.74, 6) is 0.158. The summed E-state index contributed by atoms with van der Waals surface area (Å²) in [6.07, 6.45) is 0. The van der Waals surface area contributed by atoms with Gasteiger partial charge in [0.2, 0.25) is 0 Å². The van der Waals surface area contributed by atoms with Crippen molar-refractivity contribution < 1.29 is 15.0 Å². The fourth-order valence-corrected chi connectivity index (χ4v) is 3.16. The van der Waals surface area contributed by atoms with Crippen LogP contribution < -0.4 is 11.5 Å². The van der Waals surface area contributed by atoms with E-state index in [1.54, 1.807) is 24.3 Å². The van der Waals surface area contributed by atoms with Crippen molar-refractivity contribution in [3.63, 3.8) is 0 Å². The average molecular weight is 435 g/mol. The van der Waals surface area contributed by atoms with Crippen LogP contribution in [-0.4, -0.2) is 15.0 Å². The van der Waals surface area contributed by atoms with Crippen molar-refractivity contribution in [2.24, 2.45) is 0 Å². The Kier molecular flexibility index (Phi) is 7.23. The molecule has 29 heavy (non-hydrogen) atoms. The molecular formula is C18H15ClN4O5S. The molecule has 9 nitrogen and oxygen atoms in total. The summed E-state index contributed by atoms with van der Waals surface area (Å²) in [4.78, 5) is 21.4. The van der Waals surface area contributed by atoms with Crippen molar-refractivity contribution in [2.75, 3.05) is 11.5 Å². The maximum atomic E-state index is 10.9. The Bertz CT molecular complexity index is 1050. The highest BCUT2D eigenvalue weighted by Crippen LogP contribution is 2.36. The molecule has 3 aromatic rings. The third-order valence-corrected chi connectivity index (χ3v) is 4.80. The van der Waals surface area contributed by atoms with Gasteiger partial charge in [0.25, 0.3) is 11.4 Å². The number of phenols is 1. The van der Waals surface area contributed by atoms with Crippen molar-refractivity contribution in [3.8, 4) is 5.75 Å². The molecule has 11 heteroatoms. The molecule has 3 rings (SSSR count). The van der Waals surface area contributed by atoms with Gasteiger partial charge in [-0.3, -0.25) is 20.2 Å². The second-order valence-electron chi connectivity index (χ2n) is 5.55. The predicted octanol–water partition coefficient (Wildman–Crippen LogP) is 4.86. The fourth-order valence-electron chi connectivity index (χ4n) is 2.07. The van der Waals surface area contributed by atoms with Gasteiger partial charge in [-0.2, -0.15) is 0 Å². The lowest BCUT2D eigenvalue weighted by Crippen LogP contribution is -1.93. The zero-order valence-electron chi connectivity index (χ0n) is 14.7. The van der Waals surface area contributed by atoms with Crippen LogP contribution in [0.3, 0.4) is 0 Å². The van der Waals surface area contributed by atoms with E-state index in [4.69, 9.17) is 28.2 Å². The molecule has 0 aliphatic carbocycles. The van der Waals surface area contributed by atoms with Crippen LogP contribution in [0.2, 0.25) is 5.02 Å². The lowest BCUT2D eigenvalue weighted by atomic mass is 10.3. The number of aromatic hydroxyl groups is 1. The van der Waals surface area contributed by atoms with Crippen molar-refractivity contribution in [1.29, 1.82) is 0 Å². The molecule has 0 saturated carbocycles. The van der Waals surface area contributed by atoms with Crippen molar-refractivity contribution in [1.82, 2.24) is 0 Å². The number of nitro groups is 2. The molecule has 3 aromatic carbocycles.